The molecular weight excluding hydrogens is 469 g/mol. The van der Waals surface area contributed by atoms with Crippen LogP contribution in [0.5, 0.6) is 0 Å². The van der Waals surface area contributed by atoms with Crippen LogP contribution in [0.1, 0.15) is 34.5 Å². The van der Waals surface area contributed by atoms with Crippen molar-refractivity contribution in [2.24, 2.45) is 4.99 Å². The predicted molar refractivity (Wildman–Crippen MR) is 127 cm³/mol. The number of rotatable bonds is 7. The number of halogens is 4. The first-order chi connectivity index (χ1) is 16.0. The fraction of sp³-hybridized carbons (Fsp3) is 0.217. The number of amides is 1. The number of aliphatic imine (C=N–C) groups is 1. The third-order valence-electron chi connectivity index (χ3n) is 4.56. The molecule has 0 aliphatic heterocycles. The second kappa shape index (κ2) is 10.5. The monoisotopic (exact) mass is 490 g/mol. The van der Waals surface area contributed by atoms with Crippen molar-refractivity contribution in [2.75, 3.05) is 24.7 Å². The Morgan fingerprint density at radius 2 is 1.94 bits per heavy atom. The summed E-state index contributed by atoms with van der Waals surface area (Å²) in [5.41, 5.74) is 0.124. The summed E-state index contributed by atoms with van der Waals surface area (Å²) in [5.74, 6) is -0.213. The first kappa shape index (κ1) is 25.0. The van der Waals surface area contributed by atoms with E-state index in [0.717, 1.165) is 17.7 Å². The summed E-state index contributed by atoms with van der Waals surface area (Å²) >= 11 is 5.86. The van der Waals surface area contributed by atoms with Crippen molar-refractivity contribution in [3.8, 4) is 0 Å². The van der Waals surface area contributed by atoms with Crippen molar-refractivity contribution in [1.29, 1.82) is 0 Å². The Labute approximate surface area is 199 Å². The molecule has 1 heterocycles. The van der Waals surface area contributed by atoms with E-state index >= 15 is 0 Å². The highest BCUT2D eigenvalue weighted by molar-refractivity contribution is 6.29. The zero-order valence-corrected chi connectivity index (χ0v) is 19.3. The largest absolute Gasteiger partial charge is 0.416 e. The average molecular weight is 491 g/mol. The molecule has 7 nitrogen and oxygen atoms in total. The highest BCUT2D eigenvalue weighted by Crippen LogP contribution is 2.33. The van der Waals surface area contributed by atoms with E-state index in [1.807, 2.05) is 13.0 Å². The molecule has 0 aliphatic carbocycles. The minimum absolute atomic E-state index is 0.0166. The van der Waals surface area contributed by atoms with E-state index in [1.165, 1.54) is 24.8 Å². The SMILES string of the molecule is CC(Nc1cncc(Cl)n1)c1cccc(NC(=O)c2cc(N=CN(C)C)cc(C(F)(F)F)c2)c1. The molecule has 1 amide bonds. The van der Waals surface area contributed by atoms with Crippen LogP contribution in [-0.2, 0) is 6.18 Å². The van der Waals surface area contributed by atoms with Gasteiger partial charge in [0.15, 0.2) is 0 Å². The maximum Gasteiger partial charge on any atom is 0.416 e. The molecule has 1 atom stereocenters. The molecular formula is C23H22ClF3N6O. The van der Waals surface area contributed by atoms with Gasteiger partial charge in [-0.05, 0) is 42.8 Å². The molecule has 34 heavy (non-hydrogen) atoms. The topological polar surface area (TPSA) is 82.5 Å². The molecule has 1 unspecified atom stereocenters. The van der Waals surface area contributed by atoms with Gasteiger partial charge < -0.3 is 15.5 Å². The highest BCUT2D eigenvalue weighted by atomic mass is 35.5. The van der Waals surface area contributed by atoms with Gasteiger partial charge in [0.1, 0.15) is 11.0 Å². The van der Waals surface area contributed by atoms with E-state index in [-0.39, 0.29) is 22.4 Å². The van der Waals surface area contributed by atoms with E-state index in [9.17, 15) is 18.0 Å². The molecule has 1 aromatic heterocycles. The number of carbonyl (C=O) groups is 1. The molecule has 0 aliphatic rings. The molecule has 11 heteroatoms. The molecule has 0 fully saturated rings. The molecule has 0 spiro atoms. The first-order valence-corrected chi connectivity index (χ1v) is 10.5. The average Bonchev–Trinajstić information content (AvgIpc) is 2.77. The Morgan fingerprint density at radius 1 is 1.18 bits per heavy atom. The smallest absolute Gasteiger partial charge is 0.369 e. The van der Waals surface area contributed by atoms with Gasteiger partial charge in [-0.15, -0.1) is 0 Å². The lowest BCUT2D eigenvalue weighted by molar-refractivity contribution is -0.137. The number of carbonyl (C=O) groups excluding carboxylic acids is 1. The molecule has 0 saturated carbocycles. The zero-order chi connectivity index (χ0) is 24.9. The molecule has 0 bridgehead atoms. The Bertz CT molecular complexity index is 1200. The number of anilines is 2. The summed E-state index contributed by atoms with van der Waals surface area (Å²) in [6, 6.07) is 9.70. The van der Waals surface area contributed by atoms with Crippen molar-refractivity contribution in [3.05, 3.63) is 76.7 Å². The number of alkyl halides is 3. The molecule has 2 N–H and O–H groups in total. The molecule has 3 aromatic rings. The fourth-order valence-electron chi connectivity index (χ4n) is 2.97. The lowest BCUT2D eigenvalue weighted by Gasteiger charge is -2.16. The summed E-state index contributed by atoms with van der Waals surface area (Å²) in [6.07, 6.45) is -0.321. The van der Waals surface area contributed by atoms with Crippen LogP contribution in [0.2, 0.25) is 5.15 Å². The third-order valence-corrected chi connectivity index (χ3v) is 4.74. The minimum atomic E-state index is -4.62. The number of hydrogen-bond acceptors (Lipinski definition) is 5. The van der Waals surface area contributed by atoms with Gasteiger partial charge in [-0.1, -0.05) is 23.7 Å². The Kier molecular flexibility index (Phi) is 7.72. The summed E-state index contributed by atoms with van der Waals surface area (Å²) in [5, 5.41) is 6.05. The van der Waals surface area contributed by atoms with E-state index in [4.69, 9.17) is 11.6 Å². The zero-order valence-electron chi connectivity index (χ0n) is 18.6. The van der Waals surface area contributed by atoms with Gasteiger partial charge >= 0.3 is 6.18 Å². The van der Waals surface area contributed by atoms with Crippen LogP contribution in [0.15, 0.2) is 59.9 Å². The second-order valence-electron chi connectivity index (χ2n) is 7.65. The summed E-state index contributed by atoms with van der Waals surface area (Å²) in [6.45, 7) is 1.88. The van der Waals surface area contributed by atoms with Gasteiger partial charge in [0.05, 0.1) is 36.0 Å². The Balaban J connectivity index is 1.82. The molecule has 178 valence electrons. The molecule has 3 rings (SSSR count). The minimum Gasteiger partial charge on any atom is -0.369 e. The van der Waals surface area contributed by atoms with Crippen LogP contribution in [0.25, 0.3) is 0 Å². The summed E-state index contributed by atoms with van der Waals surface area (Å²) in [4.78, 5) is 26.5. The normalized spacial score (nSPS) is 12.4. The van der Waals surface area contributed by atoms with Crippen molar-refractivity contribution in [1.82, 2.24) is 14.9 Å². The molecule has 0 radical (unpaired) electrons. The Morgan fingerprint density at radius 3 is 2.62 bits per heavy atom. The number of aromatic nitrogens is 2. The van der Waals surface area contributed by atoms with E-state index in [0.29, 0.717) is 11.5 Å². The molecule has 0 saturated heterocycles. The van der Waals surface area contributed by atoms with Gasteiger partial charge in [0.2, 0.25) is 0 Å². The standard InChI is InChI=1S/C23H22ClF3N6O/c1-14(30-21-12-28-11-20(24)32-21)15-5-4-6-18(8-15)31-22(34)16-7-17(23(25,26)27)10-19(9-16)29-13-33(2)3/h4-14H,1-3H3,(H,30,32)(H,31,34). The van der Waals surface area contributed by atoms with Gasteiger partial charge in [-0.25, -0.2) is 9.98 Å². The van der Waals surface area contributed by atoms with E-state index < -0.39 is 17.6 Å². The van der Waals surface area contributed by atoms with Crippen LogP contribution >= 0.6 is 11.6 Å². The Hall–Kier alpha value is -3.66. The highest BCUT2D eigenvalue weighted by Gasteiger charge is 2.32. The van der Waals surface area contributed by atoms with Crippen molar-refractivity contribution in [2.45, 2.75) is 19.1 Å². The van der Waals surface area contributed by atoms with E-state index in [2.05, 4.69) is 25.6 Å². The number of benzene rings is 2. The van der Waals surface area contributed by atoms with Gasteiger partial charge in [0.25, 0.3) is 5.91 Å². The van der Waals surface area contributed by atoms with Gasteiger partial charge in [0, 0.05) is 25.3 Å². The lowest BCUT2D eigenvalue weighted by atomic mass is 10.1. The van der Waals surface area contributed by atoms with Crippen LogP contribution in [0, 0.1) is 0 Å². The van der Waals surface area contributed by atoms with Crippen molar-refractivity contribution in [3.63, 3.8) is 0 Å². The van der Waals surface area contributed by atoms with Crippen LogP contribution in [-0.4, -0.2) is 41.2 Å². The van der Waals surface area contributed by atoms with Gasteiger partial charge in [-0.3, -0.25) is 9.78 Å². The predicted octanol–water partition coefficient (Wildman–Crippen LogP) is 5.80. The maximum atomic E-state index is 13.4. The number of hydrogen-bond donors (Lipinski definition) is 2. The van der Waals surface area contributed by atoms with Crippen molar-refractivity contribution < 1.29 is 18.0 Å². The quantitative estimate of drug-likeness (QED) is 0.323. The van der Waals surface area contributed by atoms with Crippen molar-refractivity contribution >= 4 is 41.0 Å². The number of nitrogens with zero attached hydrogens (tertiary/aromatic N) is 4. The van der Waals surface area contributed by atoms with Crippen LogP contribution in [0.4, 0.5) is 30.4 Å². The number of nitrogens with one attached hydrogen (secondary N) is 2. The van der Waals surface area contributed by atoms with Gasteiger partial charge in [-0.2, -0.15) is 13.2 Å². The summed E-state index contributed by atoms with van der Waals surface area (Å²) < 4.78 is 40.1. The van der Waals surface area contributed by atoms with Crippen LogP contribution < -0.4 is 10.6 Å². The second-order valence-corrected chi connectivity index (χ2v) is 8.03. The third kappa shape index (κ3) is 6.92. The van der Waals surface area contributed by atoms with E-state index in [1.54, 1.807) is 37.2 Å². The maximum absolute atomic E-state index is 13.4. The summed E-state index contributed by atoms with van der Waals surface area (Å²) in [7, 11) is 3.37. The molecule has 2 aromatic carbocycles. The lowest BCUT2D eigenvalue weighted by Crippen LogP contribution is -2.15. The first-order valence-electron chi connectivity index (χ1n) is 10.1. The fourth-order valence-corrected chi connectivity index (χ4v) is 3.12. The van der Waals surface area contributed by atoms with Crippen LogP contribution in [0.3, 0.4) is 0 Å².